The normalized spacial score (nSPS) is 12.3. The van der Waals surface area contributed by atoms with Crippen LogP contribution in [-0.2, 0) is 9.84 Å². The molecule has 1 unspecified atom stereocenters. The molecule has 0 aliphatic carbocycles. The van der Waals surface area contributed by atoms with Gasteiger partial charge < -0.3 is 14.5 Å². The number of nitrogens with zero attached hydrogens (tertiary/aromatic N) is 2. The minimum absolute atomic E-state index is 0.295. The second-order valence-electron chi connectivity index (χ2n) is 8.27. The summed E-state index contributed by atoms with van der Waals surface area (Å²) in [6.45, 7) is 4.29. The summed E-state index contributed by atoms with van der Waals surface area (Å²) in [6, 6.07) is 20.4. The summed E-state index contributed by atoms with van der Waals surface area (Å²) in [4.78, 5) is 4.26. The highest BCUT2D eigenvalue weighted by atomic mass is 32.2. The number of hydrogen-bond acceptors (Lipinski definition) is 5. The lowest BCUT2D eigenvalue weighted by Gasteiger charge is -2.24. The number of sulfone groups is 1. The Hall–Kier alpha value is -2.99. The van der Waals surface area contributed by atoms with Crippen LogP contribution in [-0.4, -0.2) is 43.2 Å². The van der Waals surface area contributed by atoms with Gasteiger partial charge in [0.15, 0.2) is 9.84 Å². The molecule has 0 bridgehead atoms. The van der Waals surface area contributed by atoms with Gasteiger partial charge in [-0.15, -0.1) is 0 Å². The third-order valence-corrected chi connectivity index (χ3v) is 7.54. The van der Waals surface area contributed by atoms with E-state index in [9.17, 15) is 8.42 Å². The van der Waals surface area contributed by atoms with Gasteiger partial charge in [0.2, 0.25) is 0 Å². The molecule has 0 saturated heterocycles. The first-order valence-electron chi connectivity index (χ1n) is 10.7. The van der Waals surface area contributed by atoms with Gasteiger partial charge in [0.25, 0.3) is 0 Å². The van der Waals surface area contributed by atoms with Crippen LogP contribution in [0.25, 0.3) is 0 Å². The highest BCUT2D eigenvalue weighted by Crippen LogP contribution is 2.41. The highest BCUT2D eigenvalue weighted by Gasteiger charge is 2.33. The Morgan fingerprint density at radius 3 is 1.91 bits per heavy atom. The van der Waals surface area contributed by atoms with Crippen LogP contribution in [0.1, 0.15) is 28.9 Å². The third-order valence-electron chi connectivity index (χ3n) is 5.47. The Balaban J connectivity index is 2.24. The fourth-order valence-electron chi connectivity index (χ4n) is 3.64. The summed E-state index contributed by atoms with van der Waals surface area (Å²) in [7, 11) is 4.08. The molecule has 3 aromatic carbocycles. The standard InChI is InChI=1S/C26H32N2O3S/c1-7-31-25-18-22(28(5)6)14-17-24(25)26(20-10-12-21(13-11-20)27(3)4)32(29,30)23-15-8-19(2)9-16-23/h8-18,26H,7H2,1-6H3. The largest absolute Gasteiger partial charge is 0.493 e. The molecule has 3 rings (SSSR count). The van der Waals surface area contributed by atoms with Gasteiger partial charge in [-0.3, -0.25) is 0 Å². The Kier molecular flexibility index (Phi) is 7.14. The summed E-state index contributed by atoms with van der Waals surface area (Å²) in [5, 5.41) is -0.890. The van der Waals surface area contributed by atoms with E-state index in [1.54, 1.807) is 12.1 Å². The number of aryl methyl sites for hydroxylation is 1. The SMILES string of the molecule is CCOc1cc(N(C)C)ccc1C(c1ccc(N(C)C)cc1)S(=O)(=O)c1ccc(C)cc1. The quantitative estimate of drug-likeness (QED) is 0.477. The monoisotopic (exact) mass is 452 g/mol. The van der Waals surface area contributed by atoms with E-state index < -0.39 is 15.1 Å². The van der Waals surface area contributed by atoms with Crippen LogP contribution in [0.15, 0.2) is 71.6 Å². The van der Waals surface area contributed by atoms with Crippen molar-refractivity contribution in [3.63, 3.8) is 0 Å². The zero-order valence-corrected chi connectivity index (χ0v) is 20.5. The number of rotatable bonds is 8. The predicted octanol–water partition coefficient (Wildman–Crippen LogP) is 5.09. The molecule has 0 amide bonds. The van der Waals surface area contributed by atoms with Crippen LogP contribution >= 0.6 is 0 Å². The van der Waals surface area contributed by atoms with E-state index >= 15 is 0 Å². The number of anilines is 2. The van der Waals surface area contributed by atoms with Gasteiger partial charge in [-0.25, -0.2) is 8.42 Å². The smallest absolute Gasteiger partial charge is 0.189 e. The molecule has 6 heteroatoms. The lowest BCUT2D eigenvalue weighted by atomic mass is 10.0. The van der Waals surface area contributed by atoms with Crippen molar-refractivity contribution < 1.29 is 13.2 Å². The van der Waals surface area contributed by atoms with Crippen LogP contribution in [0, 0.1) is 6.92 Å². The average Bonchev–Trinajstić information content (AvgIpc) is 2.75. The Labute approximate surface area is 192 Å². The topological polar surface area (TPSA) is 49.9 Å². The van der Waals surface area contributed by atoms with Gasteiger partial charge >= 0.3 is 0 Å². The Bertz CT molecular complexity index is 1150. The highest BCUT2D eigenvalue weighted by molar-refractivity contribution is 7.92. The molecule has 0 aliphatic rings. The molecule has 0 aromatic heterocycles. The summed E-state index contributed by atoms with van der Waals surface area (Å²) in [5.41, 5.74) is 4.31. The van der Waals surface area contributed by atoms with Crippen LogP contribution in [0.4, 0.5) is 11.4 Å². The molecule has 170 valence electrons. The maximum atomic E-state index is 14.0. The number of hydrogen-bond donors (Lipinski definition) is 0. The first kappa shape index (κ1) is 23.7. The van der Waals surface area contributed by atoms with E-state index in [0.29, 0.717) is 28.4 Å². The number of ether oxygens (including phenoxy) is 1. The van der Waals surface area contributed by atoms with Crippen molar-refractivity contribution in [2.45, 2.75) is 24.0 Å². The molecule has 32 heavy (non-hydrogen) atoms. The minimum atomic E-state index is -3.74. The van der Waals surface area contributed by atoms with Crippen molar-refractivity contribution in [2.75, 3.05) is 44.6 Å². The molecule has 0 heterocycles. The van der Waals surface area contributed by atoms with E-state index in [1.165, 1.54) is 0 Å². The molecule has 0 fully saturated rings. The fourth-order valence-corrected chi connectivity index (χ4v) is 5.47. The van der Waals surface area contributed by atoms with Gasteiger partial charge in [-0.05, 0) is 49.7 Å². The van der Waals surface area contributed by atoms with Crippen LogP contribution in [0.5, 0.6) is 5.75 Å². The Morgan fingerprint density at radius 2 is 1.38 bits per heavy atom. The molecule has 0 spiro atoms. The van der Waals surface area contributed by atoms with Crippen LogP contribution in [0.2, 0.25) is 0 Å². The van der Waals surface area contributed by atoms with E-state index in [4.69, 9.17) is 4.74 Å². The van der Waals surface area contributed by atoms with Crippen LogP contribution in [0.3, 0.4) is 0 Å². The second kappa shape index (κ2) is 9.65. The number of benzene rings is 3. The summed E-state index contributed by atoms with van der Waals surface area (Å²) in [5.74, 6) is 0.580. The molecule has 0 N–H and O–H groups in total. The fraction of sp³-hybridized carbons (Fsp3) is 0.308. The van der Waals surface area contributed by atoms with Gasteiger partial charge in [0.1, 0.15) is 11.0 Å². The summed E-state index contributed by atoms with van der Waals surface area (Å²) in [6.07, 6.45) is 0. The second-order valence-corrected chi connectivity index (χ2v) is 10.3. The van der Waals surface area contributed by atoms with E-state index in [1.807, 2.05) is 106 Å². The molecular weight excluding hydrogens is 420 g/mol. The molecule has 5 nitrogen and oxygen atoms in total. The van der Waals surface area contributed by atoms with Crippen molar-refractivity contribution in [1.82, 2.24) is 0 Å². The van der Waals surface area contributed by atoms with E-state index in [0.717, 1.165) is 16.9 Å². The van der Waals surface area contributed by atoms with Crippen molar-refractivity contribution in [3.8, 4) is 5.75 Å². The van der Waals surface area contributed by atoms with Crippen molar-refractivity contribution in [1.29, 1.82) is 0 Å². The van der Waals surface area contributed by atoms with Crippen molar-refractivity contribution >= 4 is 21.2 Å². The predicted molar refractivity (Wildman–Crippen MR) is 133 cm³/mol. The molecule has 0 saturated carbocycles. The van der Waals surface area contributed by atoms with Crippen LogP contribution < -0.4 is 14.5 Å². The summed E-state index contributed by atoms with van der Waals surface area (Å²) < 4.78 is 33.9. The maximum Gasteiger partial charge on any atom is 0.189 e. The Morgan fingerprint density at radius 1 is 0.812 bits per heavy atom. The molecule has 0 aliphatic heterocycles. The average molecular weight is 453 g/mol. The van der Waals surface area contributed by atoms with Gasteiger partial charge in [0.05, 0.1) is 11.5 Å². The zero-order valence-electron chi connectivity index (χ0n) is 19.7. The van der Waals surface area contributed by atoms with E-state index in [2.05, 4.69) is 0 Å². The molecule has 1 atom stereocenters. The van der Waals surface area contributed by atoms with Crippen molar-refractivity contribution in [2.24, 2.45) is 0 Å². The minimum Gasteiger partial charge on any atom is -0.493 e. The van der Waals surface area contributed by atoms with E-state index in [-0.39, 0.29) is 0 Å². The first-order valence-corrected chi connectivity index (χ1v) is 12.2. The van der Waals surface area contributed by atoms with Gasteiger partial charge in [-0.2, -0.15) is 0 Å². The lowest BCUT2D eigenvalue weighted by molar-refractivity contribution is 0.336. The summed E-state index contributed by atoms with van der Waals surface area (Å²) >= 11 is 0. The van der Waals surface area contributed by atoms with Gasteiger partial charge in [-0.1, -0.05) is 35.9 Å². The third kappa shape index (κ3) is 4.91. The zero-order chi connectivity index (χ0) is 23.5. The lowest BCUT2D eigenvalue weighted by Crippen LogP contribution is -2.18. The molecule has 3 aromatic rings. The molecule has 0 radical (unpaired) electrons. The van der Waals surface area contributed by atoms with Gasteiger partial charge in [0, 0.05) is 51.2 Å². The molecular formula is C26H32N2O3S. The van der Waals surface area contributed by atoms with Crippen molar-refractivity contribution in [3.05, 3.63) is 83.4 Å². The maximum absolute atomic E-state index is 14.0. The first-order chi connectivity index (χ1) is 15.1.